The summed E-state index contributed by atoms with van der Waals surface area (Å²) in [6.07, 6.45) is 6.68. The van der Waals surface area contributed by atoms with Crippen molar-refractivity contribution >= 4 is 0 Å². The van der Waals surface area contributed by atoms with Gasteiger partial charge in [0.15, 0.2) is 0 Å². The van der Waals surface area contributed by atoms with Gasteiger partial charge in [0.25, 0.3) is 0 Å². The van der Waals surface area contributed by atoms with Crippen LogP contribution in [0.4, 0.5) is 0 Å². The van der Waals surface area contributed by atoms with Crippen molar-refractivity contribution in [1.82, 2.24) is 5.32 Å². The molecule has 3 atom stereocenters. The number of unbranched alkanes of at least 4 members (excludes halogenated alkanes) is 1. The van der Waals surface area contributed by atoms with E-state index in [1.54, 1.807) is 0 Å². The van der Waals surface area contributed by atoms with E-state index in [1.807, 2.05) is 6.92 Å². The molecule has 0 amide bonds. The molecule has 3 heteroatoms. The standard InChI is InChI=1S/C16H33NO2/c1-4-18-11-6-5-9-17-10-12-19-16-8-7-14(2)15(3)13-16/h14-17H,4-13H2,1-3H3. The van der Waals surface area contributed by atoms with Crippen molar-refractivity contribution in [2.45, 2.75) is 59.0 Å². The SMILES string of the molecule is CCOCCCCNCCOC1CCC(C)C(C)C1. The van der Waals surface area contributed by atoms with E-state index >= 15 is 0 Å². The van der Waals surface area contributed by atoms with Crippen LogP contribution in [0.3, 0.4) is 0 Å². The summed E-state index contributed by atoms with van der Waals surface area (Å²) < 4.78 is 11.3. The minimum atomic E-state index is 0.506. The average Bonchev–Trinajstić information content (AvgIpc) is 2.41. The number of rotatable bonds is 10. The van der Waals surface area contributed by atoms with E-state index in [1.165, 1.54) is 25.7 Å². The quantitative estimate of drug-likeness (QED) is 0.619. The lowest BCUT2D eigenvalue weighted by atomic mass is 9.80. The number of nitrogens with one attached hydrogen (secondary N) is 1. The topological polar surface area (TPSA) is 30.5 Å². The number of hydrogen-bond donors (Lipinski definition) is 1. The average molecular weight is 271 g/mol. The van der Waals surface area contributed by atoms with Crippen molar-refractivity contribution in [3.05, 3.63) is 0 Å². The molecule has 1 fully saturated rings. The van der Waals surface area contributed by atoms with Crippen LogP contribution in [-0.2, 0) is 9.47 Å². The normalized spacial score (nSPS) is 27.6. The summed E-state index contributed by atoms with van der Waals surface area (Å²) in [7, 11) is 0. The van der Waals surface area contributed by atoms with Crippen LogP contribution in [0.1, 0.15) is 52.9 Å². The molecule has 0 heterocycles. The second-order valence-electron chi connectivity index (χ2n) is 5.91. The van der Waals surface area contributed by atoms with Gasteiger partial charge < -0.3 is 14.8 Å². The van der Waals surface area contributed by atoms with E-state index in [0.29, 0.717) is 6.10 Å². The van der Waals surface area contributed by atoms with E-state index in [2.05, 4.69) is 19.2 Å². The molecule has 0 saturated heterocycles. The molecular formula is C16H33NO2. The van der Waals surface area contributed by atoms with Gasteiger partial charge in [-0.25, -0.2) is 0 Å². The summed E-state index contributed by atoms with van der Waals surface area (Å²) >= 11 is 0. The Morgan fingerprint density at radius 3 is 2.58 bits per heavy atom. The van der Waals surface area contributed by atoms with Crippen LogP contribution in [0, 0.1) is 11.8 Å². The van der Waals surface area contributed by atoms with Crippen molar-refractivity contribution in [2.24, 2.45) is 11.8 Å². The molecule has 0 aromatic carbocycles. The molecule has 1 aliphatic rings. The Labute approximate surface area is 119 Å². The highest BCUT2D eigenvalue weighted by molar-refractivity contribution is 4.75. The lowest BCUT2D eigenvalue weighted by Gasteiger charge is -2.32. The fraction of sp³-hybridized carbons (Fsp3) is 1.00. The summed E-state index contributed by atoms with van der Waals surface area (Å²) in [5, 5.41) is 3.44. The number of ether oxygens (including phenoxy) is 2. The molecule has 3 unspecified atom stereocenters. The van der Waals surface area contributed by atoms with E-state index in [4.69, 9.17) is 9.47 Å². The summed E-state index contributed by atoms with van der Waals surface area (Å²) in [6, 6.07) is 0. The summed E-state index contributed by atoms with van der Waals surface area (Å²) in [4.78, 5) is 0. The Morgan fingerprint density at radius 1 is 1.00 bits per heavy atom. The van der Waals surface area contributed by atoms with E-state index in [-0.39, 0.29) is 0 Å². The first-order chi connectivity index (χ1) is 9.24. The maximum absolute atomic E-state index is 5.96. The summed E-state index contributed by atoms with van der Waals surface area (Å²) in [5.74, 6) is 1.70. The van der Waals surface area contributed by atoms with Crippen LogP contribution in [0.2, 0.25) is 0 Å². The maximum Gasteiger partial charge on any atom is 0.0594 e. The van der Waals surface area contributed by atoms with Gasteiger partial charge in [0, 0.05) is 19.8 Å². The van der Waals surface area contributed by atoms with Crippen molar-refractivity contribution in [3.8, 4) is 0 Å². The van der Waals surface area contributed by atoms with Gasteiger partial charge in [-0.05, 0) is 57.4 Å². The van der Waals surface area contributed by atoms with Crippen LogP contribution in [0.25, 0.3) is 0 Å². The fourth-order valence-electron chi connectivity index (χ4n) is 2.67. The third-order valence-electron chi connectivity index (χ3n) is 4.28. The molecule has 0 aliphatic heterocycles. The van der Waals surface area contributed by atoms with E-state index in [0.717, 1.165) is 51.2 Å². The van der Waals surface area contributed by atoms with Crippen LogP contribution in [0.5, 0.6) is 0 Å². The molecule has 3 nitrogen and oxygen atoms in total. The molecule has 0 aromatic heterocycles. The Balaban J connectivity index is 1.86. The van der Waals surface area contributed by atoms with Gasteiger partial charge >= 0.3 is 0 Å². The fourth-order valence-corrected chi connectivity index (χ4v) is 2.67. The van der Waals surface area contributed by atoms with Gasteiger partial charge in [-0.2, -0.15) is 0 Å². The van der Waals surface area contributed by atoms with Crippen molar-refractivity contribution < 1.29 is 9.47 Å². The monoisotopic (exact) mass is 271 g/mol. The highest BCUT2D eigenvalue weighted by Crippen LogP contribution is 2.30. The molecular weight excluding hydrogens is 238 g/mol. The minimum Gasteiger partial charge on any atom is -0.382 e. The van der Waals surface area contributed by atoms with E-state index in [9.17, 15) is 0 Å². The van der Waals surface area contributed by atoms with Crippen molar-refractivity contribution in [2.75, 3.05) is 32.9 Å². The molecule has 0 bridgehead atoms. The van der Waals surface area contributed by atoms with Crippen molar-refractivity contribution in [3.63, 3.8) is 0 Å². The molecule has 1 rings (SSSR count). The maximum atomic E-state index is 5.96. The van der Waals surface area contributed by atoms with E-state index < -0.39 is 0 Å². The molecule has 0 radical (unpaired) electrons. The first-order valence-corrected chi connectivity index (χ1v) is 8.14. The zero-order valence-electron chi connectivity index (χ0n) is 13.1. The highest BCUT2D eigenvalue weighted by atomic mass is 16.5. The highest BCUT2D eigenvalue weighted by Gasteiger charge is 2.24. The second kappa shape index (κ2) is 10.6. The van der Waals surface area contributed by atoms with Crippen LogP contribution in [-0.4, -0.2) is 39.0 Å². The van der Waals surface area contributed by atoms with Gasteiger partial charge in [-0.3, -0.25) is 0 Å². The summed E-state index contributed by atoms with van der Waals surface area (Å²) in [5.41, 5.74) is 0. The Bertz CT molecular complexity index is 211. The smallest absolute Gasteiger partial charge is 0.0594 e. The predicted molar refractivity (Wildman–Crippen MR) is 80.5 cm³/mol. The Morgan fingerprint density at radius 2 is 1.84 bits per heavy atom. The molecule has 1 saturated carbocycles. The largest absolute Gasteiger partial charge is 0.382 e. The van der Waals surface area contributed by atoms with Gasteiger partial charge in [-0.1, -0.05) is 13.8 Å². The lowest BCUT2D eigenvalue weighted by Crippen LogP contribution is -2.29. The van der Waals surface area contributed by atoms with Gasteiger partial charge in [0.1, 0.15) is 0 Å². The van der Waals surface area contributed by atoms with Crippen LogP contribution >= 0.6 is 0 Å². The molecule has 114 valence electrons. The molecule has 0 spiro atoms. The van der Waals surface area contributed by atoms with Crippen molar-refractivity contribution in [1.29, 1.82) is 0 Å². The molecule has 1 N–H and O–H groups in total. The first-order valence-electron chi connectivity index (χ1n) is 8.14. The van der Waals surface area contributed by atoms with Gasteiger partial charge in [-0.15, -0.1) is 0 Å². The molecule has 1 aliphatic carbocycles. The summed E-state index contributed by atoms with van der Waals surface area (Å²) in [6.45, 7) is 11.4. The zero-order chi connectivity index (χ0) is 13.9. The molecule has 19 heavy (non-hydrogen) atoms. The lowest BCUT2D eigenvalue weighted by molar-refractivity contribution is 0.00432. The number of hydrogen-bond acceptors (Lipinski definition) is 3. The first kappa shape index (κ1) is 16.9. The third-order valence-corrected chi connectivity index (χ3v) is 4.28. The second-order valence-corrected chi connectivity index (χ2v) is 5.91. The third kappa shape index (κ3) is 7.91. The Hall–Kier alpha value is -0.120. The Kier molecular flexibility index (Phi) is 9.48. The minimum absolute atomic E-state index is 0.506. The zero-order valence-corrected chi connectivity index (χ0v) is 13.1. The van der Waals surface area contributed by atoms with Gasteiger partial charge in [0.05, 0.1) is 12.7 Å². The predicted octanol–water partition coefficient (Wildman–Crippen LogP) is 3.23. The molecule has 0 aromatic rings. The van der Waals surface area contributed by atoms with Gasteiger partial charge in [0.2, 0.25) is 0 Å². The van der Waals surface area contributed by atoms with Crippen LogP contribution < -0.4 is 5.32 Å². The van der Waals surface area contributed by atoms with Crippen LogP contribution in [0.15, 0.2) is 0 Å².